The van der Waals surface area contributed by atoms with Crippen molar-refractivity contribution in [3.8, 4) is 0 Å². The number of piperidine rings is 1. The second kappa shape index (κ2) is 7.00. The fraction of sp³-hybridized carbons (Fsp3) is 0.750. The molecule has 2 atom stereocenters. The number of hydrogen-bond donors (Lipinski definition) is 3. The number of aliphatic carboxylic acids is 1. The summed E-state index contributed by atoms with van der Waals surface area (Å²) in [5, 5.41) is 24.9. The number of nitrogens with one attached hydrogen (secondary N) is 2. The first kappa shape index (κ1) is 15.2. The smallest absolute Gasteiger partial charge is 0.317 e. The lowest BCUT2D eigenvalue weighted by molar-refractivity contribution is -0.138. The van der Waals surface area contributed by atoms with E-state index in [2.05, 4.69) is 25.9 Å². The maximum atomic E-state index is 12.1. The average molecular weight is 296 g/mol. The number of carboxylic acids is 1. The van der Waals surface area contributed by atoms with Crippen molar-refractivity contribution in [2.45, 2.75) is 32.7 Å². The van der Waals surface area contributed by atoms with E-state index >= 15 is 0 Å². The van der Waals surface area contributed by atoms with Crippen molar-refractivity contribution in [3.63, 3.8) is 0 Å². The lowest BCUT2D eigenvalue weighted by Gasteiger charge is -2.35. The number of likely N-dealkylation sites (tertiary alicyclic amines) is 1. The number of rotatable bonds is 5. The normalized spacial score (nSPS) is 20.0. The molecule has 9 nitrogen and oxygen atoms in total. The predicted molar refractivity (Wildman–Crippen MR) is 72.1 cm³/mol. The molecule has 0 aliphatic carbocycles. The number of tetrazole rings is 1. The van der Waals surface area contributed by atoms with Gasteiger partial charge in [0.2, 0.25) is 0 Å². The molecule has 1 saturated heterocycles. The maximum absolute atomic E-state index is 12.1. The number of H-pyrrole nitrogens is 1. The largest absolute Gasteiger partial charge is 0.481 e. The molecule has 1 aliphatic rings. The van der Waals surface area contributed by atoms with Gasteiger partial charge in [-0.1, -0.05) is 12.1 Å². The third-order valence-electron chi connectivity index (χ3n) is 3.83. The number of hydrogen-bond acceptors (Lipinski definition) is 5. The number of urea groups is 1. The fourth-order valence-electron chi connectivity index (χ4n) is 2.62. The van der Waals surface area contributed by atoms with Gasteiger partial charge in [0.05, 0.1) is 6.54 Å². The van der Waals surface area contributed by atoms with Crippen molar-refractivity contribution in [1.29, 1.82) is 0 Å². The molecule has 1 aliphatic heterocycles. The molecule has 2 amide bonds. The molecule has 1 fully saturated rings. The molecule has 1 aromatic rings. The summed E-state index contributed by atoms with van der Waals surface area (Å²) >= 11 is 0. The molecule has 21 heavy (non-hydrogen) atoms. The van der Waals surface area contributed by atoms with Crippen molar-refractivity contribution in [2.24, 2.45) is 11.8 Å². The van der Waals surface area contributed by atoms with Crippen molar-refractivity contribution in [1.82, 2.24) is 30.8 Å². The fourth-order valence-corrected chi connectivity index (χ4v) is 2.62. The first-order valence-electron chi connectivity index (χ1n) is 7.03. The topological polar surface area (TPSA) is 124 Å². The lowest BCUT2D eigenvalue weighted by Crippen LogP contribution is -2.46. The van der Waals surface area contributed by atoms with Crippen molar-refractivity contribution >= 4 is 12.0 Å². The van der Waals surface area contributed by atoms with E-state index in [0.29, 0.717) is 18.9 Å². The Morgan fingerprint density at radius 3 is 3.05 bits per heavy atom. The van der Waals surface area contributed by atoms with Crippen LogP contribution in [0.15, 0.2) is 0 Å². The van der Waals surface area contributed by atoms with E-state index in [1.165, 1.54) is 0 Å². The minimum atomic E-state index is -0.791. The second-order valence-corrected chi connectivity index (χ2v) is 5.41. The molecule has 0 radical (unpaired) electrons. The molecule has 9 heteroatoms. The van der Waals surface area contributed by atoms with E-state index in [-0.39, 0.29) is 30.8 Å². The minimum Gasteiger partial charge on any atom is -0.481 e. The van der Waals surface area contributed by atoms with Crippen LogP contribution in [0.4, 0.5) is 4.79 Å². The maximum Gasteiger partial charge on any atom is 0.317 e. The van der Waals surface area contributed by atoms with Crippen LogP contribution in [-0.4, -0.2) is 55.7 Å². The van der Waals surface area contributed by atoms with Gasteiger partial charge in [0.25, 0.3) is 0 Å². The van der Waals surface area contributed by atoms with Gasteiger partial charge in [-0.2, -0.15) is 5.21 Å². The first-order valence-corrected chi connectivity index (χ1v) is 7.03. The standard InChI is InChI=1S/C12H20N6O3/c1-8(5-11(19)20)9-3-2-4-18(7-9)12(21)13-6-10-14-16-17-15-10/h8-9H,2-7H2,1H3,(H,13,21)(H,19,20)(H,14,15,16,17). The van der Waals surface area contributed by atoms with E-state index in [0.717, 1.165) is 12.8 Å². The van der Waals surface area contributed by atoms with Crippen LogP contribution in [0.5, 0.6) is 0 Å². The van der Waals surface area contributed by atoms with Gasteiger partial charge in [-0.3, -0.25) is 4.79 Å². The Bertz CT molecular complexity index is 477. The van der Waals surface area contributed by atoms with Crippen LogP contribution >= 0.6 is 0 Å². The highest BCUT2D eigenvalue weighted by Gasteiger charge is 2.28. The second-order valence-electron chi connectivity index (χ2n) is 5.41. The van der Waals surface area contributed by atoms with Crippen LogP contribution in [0.1, 0.15) is 32.0 Å². The Hall–Kier alpha value is -2.19. The van der Waals surface area contributed by atoms with Gasteiger partial charge in [-0.05, 0) is 24.7 Å². The SMILES string of the molecule is CC(CC(=O)O)C1CCCN(C(=O)NCc2nn[nH]n2)C1. The number of carbonyl (C=O) groups excluding carboxylic acids is 1. The zero-order chi connectivity index (χ0) is 15.2. The highest BCUT2D eigenvalue weighted by atomic mass is 16.4. The number of amides is 2. The van der Waals surface area contributed by atoms with Crippen LogP contribution in [0.25, 0.3) is 0 Å². The molecular formula is C12H20N6O3. The summed E-state index contributed by atoms with van der Waals surface area (Å²) in [5.74, 6) is -0.0709. The van der Waals surface area contributed by atoms with Gasteiger partial charge in [-0.15, -0.1) is 10.2 Å². The lowest BCUT2D eigenvalue weighted by atomic mass is 9.85. The van der Waals surface area contributed by atoms with Crippen LogP contribution < -0.4 is 5.32 Å². The Balaban J connectivity index is 1.82. The molecule has 1 aromatic heterocycles. The van der Waals surface area contributed by atoms with Crippen LogP contribution in [-0.2, 0) is 11.3 Å². The van der Waals surface area contributed by atoms with Crippen LogP contribution in [0, 0.1) is 11.8 Å². The van der Waals surface area contributed by atoms with Gasteiger partial charge >= 0.3 is 12.0 Å². The van der Waals surface area contributed by atoms with Crippen LogP contribution in [0.2, 0.25) is 0 Å². The van der Waals surface area contributed by atoms with Crippen molar-refractivity contribution < 1.29 is 14.7 Å². The Kier molecular flexibility index (Phi) is 5.07. The number of carbonyl (C=O) groups is 2. The third-order valence-corrected chi connectivity index (χ3v) is 3.83. The van der Waals surface area contributed by atoms with Crippen molar-refractivity contribution in [3.05, 3.63) is 5.82 Å². The molecule has 2 unspecified atom stereocenters. The number of aromatic amines is 1. The first-order chi connectivity index (χ1) is 10.1. The van der Waals surface area contributed by atoms with E-state index in [4.69, 9.17) is 5.11 Å². The third kappa shape index (κ3) is 4.40. The summed E-state index contributed by atoms with van der Waals surface area (Å²) in [6.07, 6.45) is 2.00. The van der Waals surface area contributed by atoms with Gasteiger partial charge in [-0.25, -0.2) is 4.79 Å². The van der Waals surface area contributed by atoms with Gasteiger partial charge in [0.1, 0.15) is 0 Å². The Morgan fingerprint density at radius 2 is 2.38 bits per heavy atom. The quantitative estimate of drug-likeness (QED) is 0.714. The molecule has 116 valence electrons. The molecule has 0 aromatic carbocycles. The molecular weight excluding hydrogens is 276 g/mol. The zero-order valence-corrected chi connectivity index (χ0v) is 11.9. The van der Waals surface area contributed by atoms with E-state index < -0.39 is 5.97 Å². The van der Waals surface area contributed by atoms with Gasteiger partial charge in [0.15, 0.2) is 5.82 Å². The number of carboxylic acid groups (broad SMARTS) is 1. The summed E-state index contributed by atoms with van der Waals surface area (Å²) < 4.78 is 0. The molecule has 2 heterocycles. The summed E-state index contributed by atoms with van der Waals surface area (Å²) in [5.41, 5.74) is 0. The Morgan fingerprint density at radius 1 is 1.57 bits per heavy atom. The number of aromatic nitrogens is 4. The van der Waals surface area contributed by atoms with Crippen LogP contribution in [0.3, 0.4) is 0 Å². The van der Waals surface area contributed by atoms with Gasteiger partial charge < -0.3 is 15.3 Å². The van der Waals surface area contributed by atoms with Crippen molar-refractivity contribution in [2.75, 3.05) is 13.1 Å². The summed E-state index contributed by atoms with van der Waals surface area (Å²) in [6.45, 7) is 3.43. The molecule has 0 bridgehead atoms. The zero-order valence-electron chi connectivity index (χ0n) is 11.9. The monoisotopic (exact) mass is 296 g/mol. The molecule has 0 spiro atoms. The highest BCUT2D eigenvalue weighted by Crippen LogP contribution is 2.26. The minimum absolute atomic E-state index is 0.0651. The summed E-state index contributed by atoms with van der Waals surface area (Å²) in [4.78, 5) is 24.6. The Labute approximate surface area is 122 Å². The highest BCUT2D eigenvalue weighted by molar-refractivity contribution is 5.74. The number of nitrogens with zero attached hydrogens (tertiary/aromatic N) is 4. The molecule has 2 rings (SSSR count). The summed E-state index contributed by atoms with van der Waals surface area (Å²) in [7, 11) is 0. The van der Waals surface area contributed by atoms with E-state index in [9.17, 15) is 9.59 Å². The van der Waals surface area contributed by atoms with E-state index in [1.807, 2.05) is 6.92 Å². The average Bonchev–Trinajstić information content (AvgIpc) is 2.97. The summed E-state index contributed by atoms with van der Waals surface area (Å²) in [6, 6.07) is -0.174. The van der Waals surface area contributed by atoms with Gasteiger partial charge in [0, 0.05) is 19.5 Å². The van der Waals surface area contributed by atoms with E-state index in [1.54, 1.807) is 4.90 Å². The molecule has 3 N–H and O–H groups in total. The molecule has 0 saturated carbocycles. The predicted octanol–water partition coefficient (Wildman–Crippen LogP) is 0.232.